The van der Waals surface area contributed by atoms with Crippen LogP contribution in [0.2, 0.25) is 0 Å². The number of amides is 2. The fourth-order valence-electron chi connectivity index (χ4n) is 3.80. The number of nitrogens with one attached hydrogen (secondary N) is 2. The highest BCUT2D eigenvalue weighted by atomic mass is 16.5. The third-order valence-corrected chi connectivity index (χ3v) is 5.90. The number of carbonyl (C=O) groups is 3. The highest BCUT2D eigenvalue weighted by Crippen LogP contribution is 2.25. The summed E-state index contributed by atoms with van der Waals surface area (Å²) in [5.74, 6) is 0.234. The normalized spacial score (nSPS) is 14.5. The van der Waals surface area contributed by atoms with Crippen molar-refractivity contribution in [3.8, 4) is 0 Å². The van der Waals surface area contributed by atoms with E-state index in [2.05, 4.69) is 20.6 Å². The highest BCUT2D eigenvalue weighted by molar-refractivity contribution is 5.95. The van der Waals surface area contributed by atoms with E-state index in [1.54, 1.807) is 30.4 Å². The van der Waals surface area contributed by atoms with Crippen molar-refractivity contribution in [1.82, 2.24) is 20.2 Å². The first kappa shape index (κ1) is 26.0. The third-order valence-electron chi connectivity index (χ3n) is 5.90. The minimum absolute atomic E-state index is 0.0406. The maximum atomic E-state index is 12.4. The maximum Gasteiger partial charge on any atom is 0.270 e. The third kappa shape index (κ3) is 7.99. The number of hydrogen-bond acceptors (Lipinski definition) is 7. The molecule has 2 aromatic heterocycles. The van der Waals surface area contributed by atoms with Crippen LogP contribution in [-0.4, -0.2) is 73.4 Å². The molecule has 0 saturated heterocycles. The second kappa shape index (κ2) is 13.3. The Labute approximate surface area is 206 Å². The van der Waals surface area contributed by atoms with Crippen LogP contribution in [-0.2, 0) is 27.2 Å². The van der Waals surface area contributed by atoms with Gasteiger partial charge in [-0.2, -0.15) is 0 Å². The van der Waals surface area contributed by atoms with Crippen molar-refractivity contribution in [2.75, 3.05) is 45.7 Å². The fourth-order valence-corrected chi connectivity index (χ4v) is 3.80. The number of aldehydes is 1. The Morgan fingerprint density at radius 1 is 1.17 bits per heavy atom. The van der Waals surface area contributed by atoms with Gasteiger partial charge in [0, 0.05) is 45.6 Å². The molecule has 0 aromatic carbocycles. The SMILES string of the molecule is CNc1ccc(/C=C/COCCCCN(C)C(=O)CNC(=O)c2cc3c(cn2)CC(C=O)C3)cn1. The molecular formula is C26H33N5O4. The summed E-state index contributed by atoms with van der Waals surface area (Å²) in [7, 11) is 3.55. The number of ether oxygens (including phenoxy) is 1. The monoisotopic (exact) mass is 479 g/mol. The molecule has 0 radical (unpaired) electrons. The van der Waals surface area contributed by atoms with E-state index in [0.29, 0.717) is 32.6 Å². The van der Waals surface area contributed by atoms with Crippen LogP contribution in [0.5, 0.6) is 0 Å². The van der Waals surface area contributed by atoms with E-state index in [0.717, 1.165) is 41.6 Å². The molecule has 0 saturated carbocycles. The van der Waals surface area contributed by atoms with Crippen LogP contribution in [0.1, 0.15) is 40.0 Å². The van der Waals surface area contributed by atoms with E-state index in [9.17, 15) is 14.4 Å². The van der Waals surface area contributed by atoms with E-state index in [4.69, 9.17) is 4.74 Å². The van der Waals surface area contributed by atoms with Gasteiger partial charge in [0.15, 0.2) is 0 Å². The number of hydrogen-bond donors (Lipinski definition) is 2. The van der Waals surface area contributed by atoms with E-state index in [-0.39, 0.29) is 30.0 Å². The first-order valence-electron chi connectivity index (χ1n) is 11.8. The number of fused-ring (bicyclic) bond motifs is 1. The number of rotatable bonds is 13. The van der Waals surface area contributed by atoms with Crippen LogP contribution in [0.3, 0.4) is 0 Å². The van der Waals surface area contributed by atoms with Crippen molar-refractivity contribution in [2.24, 2.45) is 5.92 Å². The number of pyridine rings is 2. The summed E-state index contributed by atoms with van der Waals surface area (Å²) >= 11 is 0. The topological polar surface area (TPSA) is 114 Å². The van der Waals surface area contributed by atoms with Crippen molar-refractivity contribution in [2.45, 2.75) is 25.7 Å². The Balaban J connectivity index is 1.27. The van der Waals surface area contributed by atoms with Gasteiger partial charge in [-0.3, -0.25) is 14.6 Å². The standard InChI is InChI=1S/C26H33N5O4/c1-27-24-8-7-19(15-29-24)6-5-11-35-10-4-3-9-31(2)25(33)17-30-26(34)23-14-21-12-20(18-32)13-22(21)16-28-23/h5-8,14-16,18,20H,3-4,9-13,17H2,1-2H3,(H,27,29)(H,30,34)/b6-5+. The van der Waals surface area contributed by atoms with E-state index < -0.39 is 0 Å². The van der Waals surface area contributed by atoms with Gasteiger partial charge in [-0.25, -0.2) is 4.98 Å². The van der Waals surface area contributed by atoms with Gasteiger partial charge in [0.2, 0.25) is 5.91 Å². The number of anilines is 1. The van der Waals surface area contributed by atoms with Crippen molar-refractivity contribution < 1.29 is 19.1 Å². The van der Waals surface area contributed by atoms with Gasteiger partial charge in [-0.15, -0.1) is 0 Å². The molecule has 0 bridgehead atoms. The molecule has 35 heavy (non-hydrogen) atoms. The molecule has 9 nitrogen and oxygen atoms in total. The Morgan fingerprint density at radius 2 is 2.00 bits per heavy atom. The quantitative estimate of drug-likeness (QED) is 0.334. The number of nitrogens with zero attached hydrogens (tertiary/aromatic N) is 3. The second-order valence-electron chi connectivity index (χ2n) is 8.55. The van der Waals surface area contributed by atoms with E-state index in [1.807, 2.05) is 31.3 Å². The fraction of sp³-hybridized carbons (Fsp3) is 0.423. The molecule has 9 heteroatoms. The molecule has 0 fully saturated rings. The summed E-state index contributed by atoms with van der Waals surface area (Å²) in [6.45, 7) is 1.62. The van der Waals surface area contributed by atoms with Crippen LogP contribution in [0.4, 0.5) is 5.82 Å². The zero-order valence-electron chi connectivity index (χ0n) is 20.3. The van der Waals surface area contributed by atoms with Crippen molar-refractivity contribution >= 4 is 30.0 Å². The first-order chi connectivity index (χ1) is 17.0. The number of unbranched alkanes of at least 4 members (excludes halogenated alkanes) is 1. The first-order valence-corrected chi connectivity index (χ1v) is 11.8. The molecule has 1 aliphatic carbocycles. The minimum atomic E-state index is -0.390. The maximum absolute atomic E-state index is 12.4. The molecule has 0 spiro atoms. The van der Waals surface area contributed by atoms with Crippen molar-refractivity contribution in [1.29, 1.82) is 0 Å². The average molecular weight is 480 g/mol. The van der Waals surface area contributed by atoms with Gasteiger partial charge in [0.25, 0.3) is 5.91 Å². The Morgan fingerprint density at radius 3 is 2.74 bits per heavy atom. The zero-order chi connectivity index (χ0) is 25.0. The van der Waals surface area contributed by atoms with Gasteiger partial charge < -0.3 is 25.1 Å². The number of likely N-dealkylation sites (N-methyl/N-ethyl adjacent to an activating group) is 1. The lowest BCUT2D eigenvalue weighted by atomic mass is 10.1. The zero-order valence-corrected chi connectivity index (χ0v) is 20.3. The van der Waals surface area contributed by atoms with Gasteiger partial charge >= 0.3 is 0 Å². The molecule has 3 rings (SSSR count). The van der Waals surface area contributed by atoms with E-state index in [1.165, 1.54) is 0 Å². The molecule has 2 heterocycles. The summed E-state index contributed by atoms with van der Waals surface area (Å²) < 4.78 is 5.61. The lowest BCUT2D eigenvalue weighted by Gasteiger charge is -2.17. The summed E-state index contributed by atoms with van der Waals surface area (Å²) in [6, 6.07) is 5.61. The summed E-state index contributed by atoms with van der Waals surface area (Å²) in [5, 5.41) is 5.62. The van der Waals surface area contributed by atoms with Gasteiger partial charge in [-0.1, -0.05) is 12.2 Å². The Hall–Kier alpha value is -3.59. The van der Waals surface area contributed by atoms with Gasteiger partial charge in [0.05, 0.1) is 13.2 Å². The predicted molar refractivity (Wildman–Crippen MR) is 134 cm³/mol. The van der Waals surface area contributed by atoms with Crippen LogP contribution in [0, 0.1) is 5.92 Å². The van der Waals surface area contributed by atoms with Crippen molar-refractivity contribution in [3.05, 3.63) is 59.1 Å². The lowest BCUT2D eigenvalue weighted by Crippen LogP contribution is -2.38. The number of carbonyl (C=O) groups excluding carboxylic acids is 3. The van der Waals surface area contributed by atoms with Crippen LogP contribution >= 0.6 is 0 Å². The van der Waals surface area contributed by atoms with Crippen molar-refractivity contribution in [3.63, 3.8) is 0 Å². The molecule has 2 aromatic rings. The molecule has 1 unspecified atom stereocenters. The highest BCUT2D eigenvalue weighted by Gasteiger charge is 2.23. The van der Waals surface area contributed by atoms with Crippen LogP contribution < -0.4 is 10.6 Å². The molecule has 186 valence electrons. The van der Waals surface area contributed by atoms with E-state index >= 15 is 0 Å². The largest absolute Gasteiger partial charge is 0.377 e. The lowest BCUT2D eigenvalue weighted by molar-refractivity contribution is -0.128. The Kier molecular flexibility index (Phi) is 9.92. The summed E-state index contributed by atoms with van der Waals surface area (Å²) in [6.07, 6.45) is 11.2. The average Bonchev–Trinajstić information content (AvgIpc) is 3.31. The second-order valence-corrected chi connectivity index (χ2v) is 8.55. The summed E-state index contributed by atoms with van der Waals surface area (Å²) in [5.41, 5.74) is 3.26. The van der Waals surface area contributed by atoms with Gasteiger partial charge in [-0.05, 0) is 60.6 Å². The molecular weight excluding hydrogens is 446 g/mol. The molecule has 1 atom stereocenters. The van der Waals surface area contributed by atoms with Crippen LogP contribution in [0.25, 0.3) is 6.08 Å². The number of aromatic nitrogens is 2. The predicted octanol–water partition coefficient (Wildman–Crippen LogP) is 2.13. The molecule has 2 N–H and O–H groups in total. The minimum Gasteiger partial charge on any atom is -0.377 e. The molecule has 1 aliphatic rings. The smallest absolute Gasteiger partial charge is 0.270 e. The molecule has 0 aliphatic heterocycles. The van der Waals surface area contributed by atoms with Crippen LogP contribution in [0.15, 0.2) is 36.7 Å². The molecule has 2 amide bonds. The summed E-state index contributed by atoms with van der Waals surface area (Å²) in [4.78, 5) is 45.8. The Bertz CT molecular complexity index is 1040. The van der Waals surface area contributed by atoms with Gasteiger partial charge in [0.1, 0.15) is 17.8 Å².